The van der Waals surface area contributed by atoms with Crippen molar-refractivity contribution in [2.24, 2.45) is 12.8 Å². The van der Waals surface area contributed by atoms with Crippen LogP contribution >= 0.6 is 31.9 Å². The third-order valence-electron chi connectivity index (χ3n) is 2.69. The van der Waals surface area contributed by atoms with E-state index < -0.39 is 0 Å². The van der Waals surface area contributed by atoms with Crippen molar-refractivity contribution >= 4 is 31.9 Å². The van der Waals surface area contributed by atoms with Gasteiger partial charge in [0.2, 0.25) is 0 Å². The lowest BCUT2D eigenvalue weighted by Crippen LogP contribution is -2.17. The van der Waals surface area contributed by atoms with Crippen LogP contribution in [0.1, 0.15) is 17.3 Å². The Kier molecular flexibility index (Phi) is 4.01. The summed E-state index contributed by atoms with van der Waals surface area (Å²) in [7, 11) is 1.90. The fourth-order valence-electron chi connectivity index (χ4n) is 1.83. The number of nitrogens with two attached hydrogens (primary N) is 1. The predicted molar refractivity (Wildman–Crippen MR) is 75.7 cm³/mol. The summed E-state index contributed by atoms with van der Waals surface area (Å²) in [4.78, 5) is 0. The molecule has 2 rings (SSSR count). The minimum absolute atomic E-state index is 0.0735. The summed E-state index contributed by atoms with van der Waals surface area (Å²) in [5, 5.41) is 4.18. The molecule has 2 N–H and O–H groups in total. The first-order valence-electron chi connectivity index (χ1n) is 5.26. The molecule has 1 aromatic heterocycles. The summed E-state index contributed by atoms with van der Waals surface area (Å²) >= 11 is 7.01. The monoisotopic (exact) mass is 357 g/mol. The van der Waals surface area contributed by atoms with Crippen LogP contribution in [-0.2, 0) is 13.5 Å². The third-order valence-corrected chi connectivity index (χ3v) is 4.07. The van der Waals surface area contributed by atoms with Gasteiger partial charge in [-0.2, -0.15) is 5.10 Å². The van der Waals surface area contributed by atoms with Gasteiger partial charge in [-0.15, -0.1) is 0 Å². The molecular formula is C12H13Br2N3. The lowest BCUT2D eigenvalue weighted by atomic mass is 10.0. The second-order valence-electron chi connectivity index (χ2n) is 3.90. The maximum atomic E-state index is 6.23. The van der Waals surface area contributed by atoms with Crippen molar-refractivity contribution in [2.75, 3.05) is 0 Å². The van der Waals surface area contributed by atoms with Gasteiger partial charge in [0.05, 0.1) is 22.4 Å². The van der Waals surface area contributed by atoms with Crippen molar-refractivity contribution < 1.29 is 0 Å². The number of aromatic nitrogens is 2. The van der Waals surface area contributed by atoms with Gasteiger partial charge in [-0.05, 0) is 34.0 Å². The SMILES string of the molecule is Cn1ncc(Br)c1C(N)Cc1ccccc1Br. The molecule has 0 saturated carbocycles. The van der Waals surface area contributed by atoms with Crippen molar-refractivity contribution in [3.8, 4) is 0 Å². The number of benzene rings is 1. The average molecular weight is 359 g/mol. The minimum Gasteiger partial charge on any atom is -0.322 e. The molecule has 0 aliphatic rings. The first-order chi connectivity index (χ1) is 8.09. The minimum atomic E-state index is -0.0735. The standard InChI is InChI=1S/C12H13Br2N3/c1-17-12(10(14)7-16-17)11(15)6-8-4-2-3-5-9(8)13/h2-5,7,11H,6,15H2,1H3. The highest BCUT2D eigenvalue weighted by Crippen LogP contribution is 2.26. The maximum absolute atomic E-state index is 6.23. The van der Waals surface area contributed by atoms with Gasteiger partial charge < -0.3 is 5.73 Å². The smallest absolute Gasteiger partial charge is 0.0693 e. The highest BCUT2D eigenvalue weighted by Gasteiger charge is 2.16. The quantitative estimate of drug-likeness (QED) is 0.915. The van der Waals surface area contributed by atoms with E-state index in [1.807, 2.05) is 29.9 Å². The van der Waals surface area contributed by atoms with Crippen molar-refractivity contribution in [1.29, 1.82) is 0 Å². The Morgan fingerprint density at radius 2 is 2.00 bits per heavy atom. The summed E-state index contributed by atoms with van der Waals surface area (Å²) < 4.78 is 3.86. The molecule has 1 atom stereocenters. The van der Waals surface area contributed by atoms with Crippen molar-refractivity contribution in [2.45, 2.75) is 12.5 Å². The second kappa shape index (κ2) is 5.33. The summed E-state index contributed by atoms with van der Waals surface area (Å²) in [5.74, 6) is 0. The fourth-order valence-corrected chi connectivity index (χ4v) is 2.92. The topological polar surface area (TPSA) is 43.8 Å². The van der Waals surface area contributed by atoms with Crippen LogP contribution < -0.4 is 5.73 Å². The average Bonchev–Trinajstić information content (AvgIpc) is 2.62. The number of hydrogen-bond donors (Lipinski definition) is 1. The van der Waals surface area contributed by atoms with Crippen molar-refractivity contribution in [3.05, 3.63) is 50.7 Å². The van der Waals surface area contributed by atoms with Gasteiger partial charge in [0.15, 0.2) is 0 Å². The zero-order chi connectivity index (χ0) is 12.4. The van der Waals surface area contributed by atoms with E-state index in [1.54, 1.807) is 6.20 Å². The van der Waals surface area contributed by atoms with Gasteiger partial charge in [0, 0.05) is 11.5 Å². The van der Waals surface area contributed by atoms with E-state index in [9.17, 15) is 0 Å². The first-order valence-corrected chi connectivity index (χ1v) is 6.84. The molecule has 5 heteroatoms. The Bertz CT molecular complexity index is 503. The van der Waals surface area contributed by atoms with Gasteiger partial charge in [-0.1, -0.05) is 34.1 Å². The van der Waals surface area contributed by atoms with E-state index in [4.69, 9.17) is 5.73 Å². The van der Waals surface area contributed by atoms with Crippen LogP contribution in [0.5, 0.6) is 0 Å². The Morgan fingerprint density at radius 1 is 1.29 bits per heavy atom. The Labute approximate surface area is 117 Å². The number of halogens is 2. The van der Waals surface area contributed by atoms with E-state index in [-0.39, 0.29) is 6.04 Å². The lowest BCUT2D eigenvalue weighted by Gasteiger charge is -2.14. The second-order valence-corrected chi connectivity index (χ2v) is 5.61. The van der Waals surface area contributed by atoms with Crippen LogP contribution in [0.2, 0.25) is 0 Å². The van der Waals surface area contributed by atoms with Crippen LogP contribution in [0.15, 0.2) is 39.4 Å². The molecule has 0 aliphatic heterocycles. The highest BCUT2D eigenvalue weighted by atomic mass is 79.9. The van der Waals surface area contributed by atoms with Crippen molar-refractivity contribution in [3.63, 3.8) is 0 Å². The zero-order valence-electron chi connectivity index (χ0n) is 9.40. The molecule has 0 saturated heterocycles. The van der Waals surface area contributed by atoms with Gasteiger partial charge in [-0.3, -0.25) is 4.68 Å². The molecule has 0 amide bonds. The van der Waals surface area contributed by atoms with Crippen LogP contribution in [0, 0.1) is 0 Å². The third kappa shape index (κ3) is 2.78. The van der Waals surface area contributed by atoms with Crippen LogP contribution in [-0.4, -0.2) is 9.78 Å². The fraction of sp³-hybridized carbons (Fsp3) is 0.250. The van der Waals surface area contributed by atoms with Crippen LogP contribution in [0.25, 0.3) is 0 Å². The van der Waals surface area contributed by atoms with Gasteiger partial charge >= 0.3 is 0 Å². The molecule has 90 valence electrons. The van der Waals surface area contributed by atoms with Gasteiger partial charge in [-0.25, -0.2) is 0 Å². The van der Waals surface area contributed by atoms with E-state index in [1.165, 1.54) is 5.56 Å². The van der Waals surface area contributed by atoms with Crippen LogP contribution in [0.4, 0.5) is 0 Å². The summed E-state index contributed by atoms with van der Waals surface area (Å²) in [6, 6.07) is 8.05. The zero-order valence-corrected chi connectivity index (χ0v) is 12.6. The molecule has 17 heavy (non-hydrogen) atoms. The molecule has 0 fully saturated rings. The molecule has 1 heterocycles. The molecule has 0 aliphatic carbocycles. The normalized spacial score (nSPS) is 12.7. The van der Waals surface area contributed by atoms with Crippen molar-refractivity contribution in [1.82, 2.24) is 9.78 Å². The largest absolute Gasteiger partial charge is 0.322 e. The van der Waals surface area contributed by atoms with Gasteiger partial charge in [0.1, 0.15) is 0 Å². The number of hydrogen-bond acceptors (Lipinski definition) is 2. The number of aryl methyl sites for hydroxylation is 1. The molecule has 2 aromatic rings. The molecule has 0 bridgehead atoms. The van der Waals surface area contributed by atoms with Gasteiger partial charge in [0.25, 0.3) is 0 Å². The van der Waals surface area contributed by atoms with E-state index in [0.29, 0.717) is 0 Å². The highest BCUT2D eigenvalue weighted by molar-refractivity contribution is 9.10. The van der Waals surface area contributed by atoms with E-state index in [0.717, 1.165) is 21.1 Å². The maximum Gasteiger partial charge on any atom is 0.0693 e. The summed E-state index contributed by atoms with van der Waals surface area (Å²) in [6.45, 7) is 0. The van der Waals surface area contributed by atoms with E-state index >= 15 is 0 Å². The molecule has 0 spiro atoms. The Balaban J connectivity index is 2.23. The number of nitrogens with zero attached hydrogens (tertiary/aromatic N) is 2. The Hall–Kier alpha value is -0.650. The molecule has 0 radical (unpaired) electrons. The molecular weight excluding hydrogens is 346 g/mol. The molecule has 1 unspecified atom stereocenters. The predicted octanol–water partition coefficient (Wildman–Crippen LogP) is 3.19. The lowest BCUT2D eigenvalue weighted by molar-refractivity contribution is 0.614. The first kappa shape index (κ1) is 12.8. The van der Waals surface area contributed by atoms with E-state index in [2.05, 4.69) is 43.0 Å². The Morgan fingerprint density at radius 3 is 2.59 bits per heavy atom. The molecule has 3 nitrogen and oxygen atoms in total. The molecule has 1 aromatic carbocycles. The number of rotatable bonds is 3. The van der Waals surface area contributed by atoms with Crippen LogP contribution in [0.3, 0.4) is 0 Å². The summed E-state index contributed by atoms with van der Waals surface area (Å²) in [5.41, 5.74) is 8.45. The summed E-state index contributed by atoms with van der Waals surface area (Å²) in [6.07, 6.45) is 2.55.